The maximum absolute atomic E-state index is 13.0. The van der Waals surface area contributed by atoms with Crippen LogP contribution in [0.1, 0.15) is 34.7 Å². The van der Waals surface area contributed by atoms with Crippen molar-refractivity contribution in [3.05, 3.63) is 53.9 Å². The average molecular weight is 396 g/mol. The van der Waals surface area contributed by atoms with Gasteiger partial charge in [-0.25, -0.2) is 0 Å². The molecule has 0 unspecified atom stereocenters. The van der Waals surface area contributed by atoms with E-state index >= 15 is 0 Å². The molecule has 1 aromatic carbocycles. The van der Waals surface area contributed by atoms with Gasteiger partial charge >= 0.3 is 0 Å². The third-order valence-corrected chi connectivity index (χ3v) is 5.27. The first-order chi connectivity index (χ1) is 14.1. The van der Waals surface area contributed by atoms with Crippen molar-refractivity contribution in [2.75, 3.05) is 51.3 Å². The summed E-state index contributed by atoms with van der Waals surface area (Å²) in [6.45, 7) is 7.75. The van der Waals surface area contributed by atoms with Crippen LogP contribution in [0.25, 0.3) is 0 Å². The Morgan fingerprint density at radius 2 is 1.76 bits per heavy atom. The van der Waals surface area contributed by atoms with Gasteiger partial charge in [0.25, 0.3) is 11.8 Å². The molecule has 154 valence electrons. The molecule has 1 fully saturated rings. The number of piperazine rings is 1. The van der Waals surface area contributed by atoms with Gasteiger partial charge in [0, 0.05) is 51.0 Å². The standard InChI is InChI=1S/C22H28N4O3/c1-4-24(5-2)22(28)18-16-17(10-11-23-18)21(27)26-14-12-25(13-15-26)19-8-6-7-9-20(19)29-3/h6-11,16H,4-5,12-15H2,1-3H3. The van der Waals surface area contributed by atoms with Gasteiger partial charge in [-0.1, -0.05) is 12.1 Å². The van der Waals surface area contributed by atoms with Crippen LogP contribution in [0, 0.1) is 0 Å². The number of para-hydroxylation sites is 2. The van der Waals surface area contributed by atoms with Crippen LogP contribution in [0.2, 0.25) is 0 Å². The van der Waals surface area contributed by atoms with Gasteiger partial charge in [0.2, 0.25) is 0 Å². The van der Waals surface area contributed by atoms with Gasteiger partial charge in [0.1, 0.15) is 11.4 Å². The van der Waals surface area contributed by atoms with E-state index in [1.165, 1.54) is 6.20 Å². The predicted octanol–water partition coefficient (Wildman–Crippen LogP) is 2.53. The largest absolute Gasteiger partial charge is 0.495 e. The van der Waals surface area contributed by atoms with Crippen LogP contribution < -0.4 is 9.64 Å². The summed E-state index contributed by atoms with van der Waals surface area (Å²) in [4.78, 5) is 35.4. The Bertz CT molecular complexity index is 859. The number of rotatable bonds is 6. The molecule has 0 bridgehead atoms. The fraction of sp³-hybridized carbons (Fsp3) is 0.409. The molecule has 0 aliphatic carbocycles. The SMILES string of the molecule is CCN(CC)C(=O)c1cc(C(=O)N2CCN(c3ccccc3OC)CC2)ccn1. The van der Waals surface area contributed by atoms with Crippen molar-refractivity contribution in [3.63, 3.8) is 0 Å². The topological polar surface area (TPSA) is 66.0 Å². The summed E-state index contributed by atoms with van der Waals surface area (Å²) in [7, 11) is 1.67. The average Bonchev–Trinajstić information content (AvgIpc) is 2.79. The molecular weight excluding hydrogens is 368 g/mol. The summed E-state index contributed by atoms with van der Waals surface area (Å²) in [5, 5.41) is 0. The number of ether oxygens (including phenoxy) is 1. The van der Waals surface area contributed by atoms with Crippen LogP contribution >= 0.6 is 0 Å². The Balaban J connectivity index is 1.68. The van der Waals surface area contributed by atoms with Crippen LogP contribution in [0.3, 0.4) is 0 Å². The highest BCUT2D eigenvalue weighted by molar-refractivity contribution is 5.98. The fourth-order valence-corrected chi connectivity index (χ4v) is 3.58. The minimum atomic E-state index is -0.148. The van der Waals surface area contributed by atoms with Crippen molar-refractivity contribution in [1.29, 1.82) is 0 Å². The molecule has 0 spiro atoms. The molecular formula is C22H28N4O3. The van der Waals surface area contributed by atoms with Crippen molar-refractivity contribution in [2.24, 2.45) is 0 Å². The molecule has 0 saturated carbocycles. The zero-order chi connectivity index (χ0) is 20.8. The van der Waals surface area contributed by atoms with E-state index in [1.807, 2.05) is 43.0 Å². The smallest absolute Gasteiger partial charge is 0.272 e. The number of amides is 2. The summed E-state index contributed by atoms with van der Waals surface area (Å²) in [5.74, 6) is 0.618. The Labute approximate surface area is 171 Å². The lowest BCUT2D eigenvalue weighted by Gasteiger charge is -2.36. The third-order valence-electron chi connectivity index (χ3n) is 5.27. The van der Waals surface area contributed by atoms with Gasteiger partial charge in [0.05, 0.1) is 12.8 Å². The van der Waals surface area contributed by atoms with Gasteiger partial charge in [-0.2, -0.15) is 0 Å². The van der Waals surface area contributed by atoms with Crippen LogP contribution in [-0.2, 0) is 0 Å². The van der Waals surface area contributed by atoms with Crippen LogP contribution in [0.4, 0.5) is 5.69 Å². The molecule has 3 rings (SSSR count). The van der Waals surface area contributed by atoms with Gasteiger partial charge in [-0.3, -0.25) is 14.6 Å². The Morgan fingerprint density at radius 1 is 1.07 bits per heavy atom. The van der Waals surface area contributed by atoms with E-state index in [0.717, 1.165) is 24.5 Å². The number of aromatic nitrogens is 1. The van der Waals surface area contributed by atoms with E-state index in [2.05, 4.69) is 9.88 Å². The molecule has 1 aliphatic rings. The van der Waals surface area contributed by atoms with Gasteiger partial charge in [-0.05, 0) is 38.1 Å². The molecule has 0 radical (unpaired) electrons. The van der Waals surface area contributed by atoms with E-state index in [4.69, 9.17) is 4.74 Å². The summed E-state index contributed by atoms with van der Waals surface area (Å²) >= 11 is 0. The maximum Gasteiger partial charge on any atom is 0.272 e. The summed E-state index contributed by atoms with van der Waals surface area (Å²) in [5.41, 5.74) is 1.85. The van der Waals surface area contributed by atoms with E-state index in [1.54, 1.807) is 24.1 Å². The van der Waals surface area contributed by atoms with Crippen LogP contribution in [0.5, 0.6) is 5.75 Å². The minimum Gasteiger partial charge on any atom is -0.495 e. The maximum atomic E-state index is 13.0. The number of pyridine rings is 1. The highest BCUT2D eigenvalue weighted by Gasteiger charge is 2.25. The highest BCUT2D eigenvalue weighted by Crippen LogP contribution is 2.28. The van der Waals surface area contributed by atoms with Crippen molar-refractivity contribution >= 4 is 17.5 Å². The molecule has 2 aromatic rings. The zero-order valence-corrected chi connectivity index (χ0v) is 17.3. The molecule has 2 heterocycles. The molecule has 1 aromatic heterocycles. The highest BCUT2D eigenvalue weighted by atomic mass is 16.5. The van der Waals surface area contributed by atoms with Gasteiger partial charge in [-0.15, -0.1) is 0 Å². The first kappa shape index (κ1) is 20.6. The molecule has 0 atom stereocenters. The van der Waals surface area contributed by atoms with Gasteiger partial charge < -0.3 is 19.4 Å². The van der Waals surface area contributed by atoms with Crippen molar-refractivity contribution in [1.82, 2.24) is 14.8 Å². The Kier molecular flexibility index (Phi) is 6.69. The zero-order valence-electron chi connectivity index (χ0n) is 17.3. The molecule has 7 heteroatoms. The van der Waals surface area contributed by atoms with Crippen LogP contribution in [-0.4, -0.2) is 73.0 Å². The second-order valence-electron chi connectivity index (χ2n) is 6.86. The Morgan fingerprint density at radius 3 is 2.41 bits per heavy atom. The normalized spacial score (nSPS) is 13.9. The number of hydrogen-bond acceptors (Lipinski definition) is 5. The number of anilines is 1. The Hall–Kier alpha value is -3.09. The number of carbonyl (C=O) groups is 2. The third kappa shape index (κ3) is 4.50. The second kappa shape index (κ2) is 9.41. The summed E-state index contributed by atoms with van der Waals surface area (Å²) in [6.07, 6.45) is 1.54. The molecule has 1 saturated heterocycles. The molecule has 29 heavy (non-hydrogen) atoms. The molecule has 2 amide bonds. The monoisotopic (exact) mass is 396 g/mol. The second-order valence-corrected chi connectivity index (χ2v) is 6.86. The number of carbonyl (C=O) groups excluding carboxylic acids is 2. The quantitative estimate of drug-likeness (QED) is 0.751. The molecule has 7 nitrogen and oxygen atoms in total. The number of hydrogen-bond donors (Lipinski definition) is 0. The minimum absolute atomic E-state index is 0.0688. The van der Waals surface area contributed by atoms with Gasteiger partial charge in [0.15, 0.2) is 0 Å². The van der Waals surface area contributed by atoms with Crippen molar-refractivity contribution in [3.8, 4) is 5.75 Å². The van der Waals surface area contributed by atoms with Crippen LogP contribution in [0.15, 0.2) is 42.6 Å². The molecule has 1 aliphatic heterocycles. The van der Waals surface area contributed by atoms with Crippen molar-refractivity contribution in [2.45, 2.75) is 13.8 Å². The summed E-state index contributed by atoms with van der Waals surface area (Å²) in [6, 6.07) is 11.2. The number of benzene rings is 1. The van der Waals surface area contributed by atoms with E-state index in [0.29, 0.717) is 37.4 Å². The van der Waals surface area contributed by atoms with E-state index in [9.17, 15) is 9.59 Å². The lowest BCUT2D eigenvalue weighted by molar-refractivity contribution is 0.0746. The number of nitrogens with zero attached hydrogens (tertiary/aromatic N) is 4. The summed E-state index contributed by atoms with van der Waals surface area (Å²) < 4.78 is 5.45. The van der Waals surface area contributed by atoms with E-state index < -0.39 is 0 Å². The fourth-order valence-electron chi connectivity index (χ4n) is 3.58. The number of methoxy groups -OCH3 is 1. The van der Waals surface area contributed by atoms with E-state index in [-0.39, 0.29) is 11.8 Å². The van der Waals surface area contributed by atoms with Crippen molar-refractivity contribution < 1.29 is 14.3 Å². The predicted molar refractivity (Wildman–Crippen MR) is 113 cm³/mol. The lowest BCUT2D eigenvalue weighted by Crippen LogP contribution is -2.49. The lowest BCUT2D eigenvalue weighted by atomic mass is 10.1. The molecule has 0 N–H and O–H groups in total. The first-order valence-electron chi connectivity index (χ1n) is 10.0. The first-order valence-corrected chi connectivity index (χ1v) is 10.0.